The van der Waals surface area contributed by atoms with Gasteiger partial charge in [0.2, 0.25) is 11.8 Å². The zero-order valence-corrected chi connectivity index (χ0v) is 14.9. The summed E-state index contributed by atoms with van der Waals surface area (Å²) in [6, 6.07) is 16.8. The summed E-state index contributed by atoms with van der Waals surface area (Å²) in [5.41, 5.74) is 0.642. The minimum absolute atomic E-state index is 0.0843. The topological polar surface area (TPSA) is 61.9 Å². The second-order valence-corrected chi connectivity index (χ2v) is 6.24. The highest BCUT2D eigenvalue weighted by Crippen LogP contribution is 2.29. The SMILES string of the molecule is CC(=O)N1CCN(CC(=O)Nc2ccccc2Oc2ccccc2)CC1. The molecule has 6 heteroatoms. The fourth-order valence-corrected chi connectivity index (χ4v) is 2.89. The third-order valence-electron chi connectivity index (χ3n) is 4.32. The van der Waals surface area contributed by atoms with E-state index in [4.69, 9.17) is 4.74 Å². The number of amides is 2. The van der Waals surface area contributed by atoms with Gasteiger partial charge in [0.15, 0.2) is 5.75 Å². The van der Waals surface area contributed by atoms with E-state index in [1.807, 2.05) is 54.6 Å². The molecule has 26 heavy (non-hydrogen) atoms. The van der Waals surface area contributed by atoms with Gasteiger partial charge < -0.3 is 15.0 Å². The van der Waals surface area contributed by atoms with Crippen LogP contribution in [0.25, 0.3) is 0 Å². The standard InChI is InChI=1S/C20H23N3O3/c1-16(24)23-13-11-22(12-14-23)15-20(25)21-18-9-5-6-10-19(18)26-17-7-3-2-4-8-17/h2-10H,11-15H2,1H3,(H,21,25). The Balaban J connectivity index is 1.57. The van der Waals surface area contributed by atoms with Gasteiger partial charge in [-0.3, -0.25) is 14.5 Å². The average Bonchev–Trinajstić information content (AvgIpc) is 2.64. The van der Waals surface area contributed by atoms with Crippen molar-refractivity contribution in [1.29, 1.82) is 0 Å². The predicted molar refractivity (Wildman–Crippen MR) is 100 cm³/mol. The summed E-state index contributed by atoms with van der Waals surface area (Å²) in [5.74, 6) is 1.31. The number of anilines is 1. The van der Waals surface area contributed by atoms with Crippen LogP contribution >= 0.6 is 0 Å². The third kappa shape index (κ3) is 4.83. The maximum Gasteiger partial charge on any atom is 0.238 e. The molecular weight excluding hydrogens is 330 g/mol. The number of nitrogens with one attached hydrogen (secondary N) is 1. The van der Waals surface area contributed by atoms with Crippen LogP contribution in [-0.2, 0) is 9.59 Å². The van der Waals surface area contributed by atoms with Gasteiger partial charge in [0, 0.05) is 33.1 Å². The number of para-hydroxylation sites is 3. The van der Waals surface area contributed by atoms with Crippen molar-refractivity contribution in [2.45, 2.75) is 6.92 Å². The Morgan fingerprint density at radius 1 is 0.962 bits per heavy atom. The van der Waals surface area contributed by atoms with Gasteiger partial charge in [-0.1, -0.05) is 30.3 Å². The lowest BCUT2D eigenvalue weighted by Crippen LogP contribution is -2.49. The molecule has 3 rings (SSSR count). The number of benzene rings is 2. The molecule has 1 fully saturated rings. The molecule has 1 aliphatic rings. The number of ether oxygens (including phenoxy) is 1. The smallest absolute Gasteiger partial charge is 0.238 e. The van der Waals surface area contributed by atoms with Gasteiger partial charge in [-0.15, -0.1) is 0 Å². The first-order valence-electron chi connectivity index (χ1n) is 8.71. The van der Waals surface area contributed by atoms with Crippen molar-refractivity contribution in [3.8, 4) is 11.5 Å². The minimum atomic E-state index is -0.0922. The minimum Gasteiger partial charge on any atom is -0.455 e. The number of carbonyl (C=O) groups excluding carboxylic acids is 2. The second kappa shape index (κ2) is 8.49. The highest BCUT2D eigenvalue weighted by Gasteiger charge is 2.20. The molecule has 2 aromatic carbocycles. The molecule has 0 bridgehead atoms. The first-order valence-corrected chi connectivity index (χ1v) is 8.71. The molecule has 1 saturated heterocycles. The summed E-state index contributed by atoms with van der Waals surface area (Å²) < 4.78 is 5.87. The van der Waals surface area contributed by atoms with Gasteiger partial charge in [-0.25, -0.2) is 0 Å². The molecule has 1 aliphatic heterocycles. The summed E-state index contributed by atoms with van der Waals surface area (Å²) in [6.45, 7) is 4.61. The van der Waals surface area contributed by atoms with E-state index in [2.05, 4.69) is 10.2 Å². The van der Waals surface area contributed by atoms with Crippen LogP contribution in [0.2, 0.25) is 0 Å². The van der Waals surface area contributed by atoms with E-state index in [0.717, 1.165) is 5.75 Å². The molecule has 2 amide bonds. The van der Waals surface area contributed by atoms with Crippen molar-refractivity contribution < 1.29 is 14.3 Å². The van der Waals surface area contributed by atoms with E-state index in [-0.39, 0.29) is 11.8 Å². The maximum atomic E-state index is 12.4. The molecule has 6 nitrogen and oxygen atoms in total. The first-order chi connectivity index (χ1) is 12.6. The summed E-state index contributed by atoms with van der Waals surface area (Å²) in [4.78, 5) is 27.6. The first kappa shape index (κ1) is 17.9. The van der Waals surface area contributed by atoms with Crippen LogP contribution in [0.5, 0.6) is 11.5 Å². The second-order valence-electron chi connectivity index (χ2n) is 6.24. The summed E-state index contributed by atoms with van der Waals surface area (Å²) in [7, 11) is 0. The number of piperazine rings is 1. The van der Waals surface area contributed by atoms with Gasteiger partial charge in [-0.2, -0.15) is 0 Å². The molecule has 136 valence electrons. The van der Waals surface area contributed by atoms with Crippen molar-refractivity contribution in [2.24, 2.45) is 0 Å². The Morgan fingerprint density at radius 2 is 1.62 bits per heavy atom. The lowest BCUT2D eigenvalue weighted by atomic mass is 10.2. The normalized spacial score (nSPS) is 14.7. The molecular formula is C20H23N3O3. The van der Waals surface area contributed by atoms with Crippen LogP contribution in [0.4, 0.5) is 5.69 Å². The predicted octanol–water partition coefficient (Wildman–Crippen LogP) is 2.58. The molecule has 0 radical (unpaired) electrons. The molecule has 2 aromatic rings. The number of rotatable bonds is 5. The highest BCUT2D eigenvalue weighted by atomic mass is 16.5. The van der Waals surface area contributed by atoms with Gasteiger partial charge in [0.05, 0.1) is 12.2 Å². The Hall–Kier alpha value is -2.86. The van der Waals surface area contributed by atoms with Gasteiger partial charge in [0.1, 0.15) is 5.75 Å². The van der Waals surface area contributed by atoms with Gasteiger partial charge >= 0.3 is 0 Å². The van der Waals surface area contributed by atoms with Crippen LogP contribution in [-0.4, -0.2) is 54.3 Å². The number of nitrogens with zero attached hydrogens (tertiary/aromatic N) is 2. The van der Waals surface area contributed by atoms with E-state index in [1.165, 1.54) is 0 Å². The Bertz CT molecular complexity index is 756. The lowest BCUT2D eigenvalue weighted by Gasteiger charge is -2.33. The van der Waals surface area contributed by atoms with Crippen LogP contribution in [0, 0.1) is 0 Å². The Labute approximate surface area is 153 Å². The van der Waals surface area contributed by atoms with Crippen molar-refractivity contribution in [3.05, 3.63) is 54.6 Å². The molecule has 1 N–H and O–H groups in total. The third-order valence-corrected chi connectivity index (χ3v) is 4.32. The van der Waals surface area contributed by atoms with Crippen molar-refractivity contribution in [1.82, 2.24) is 9.80 Å². The summed E-state index contributed by atoms with van der Waals surface area (Å²) >= 11 is 0. The van der Waals surface area contributed by atoms with Crippen molar-refractivity contribution >= 4 is 17.5 Å². The van der Waals surface area contributed by atoms with Crippen LogP contribution in [0.15, 0.2) is 54.6 Å². The summed E-state index contributed by atoms with van der Waals surface area (Å²) in [6.07, 6.45) is 0. The zero-order valence-electron chi connectivity index (χ0n) is 14.9. The fraction of sp³-hybridized carbons (Fsp3) is 0.300. The van der Waals surface area contributed by atoms with E-state index >= 15 is 0 Å². The number of carbonyl (C=O) groups is 2. The van der Waals surface area contributed by atoms with Crippen molar-refractivity contribution in [2.75, 3.05) is 38.0 Å². The molecule has 0 atom stereocenters. The van der Waals surface area contributed by atoms with Crippen LogP contribution in [0.1, 0.15) is 6.92 Å². The monoisotopic (exact) mass is 353 g/mol. The van der Waals surface area contributed by atoms with E-state index in [1.54, 1.807) is 11.8 Å². The molecule has 0 spiro atoms. The zero-order chi connectivity index (χ0) is 18.4. The number of hydrogen-bond donors (Lipinski definition) is 1. The van der Waals surface area contributed by atoms with Crippen LogP contribution in [0.3, 0.4) is 0 Å². The molecule has 0 saturated carbocycles. The fourth-order valence-electron chi connectivity index (χ4n) is 2.89. The Kier molecular flexibility index (Phi) is 5.86. The largest absolute Gasteiger partial charge is 0.455 e. The number of hydrogen-bond acceptors (Lipinski definition) is 4. The van der Waals surface area contributed by atoms with E-state index < -0.39 is 0 Å². The highest BCUT2D eigenvalue weighted by molar-refractivity contribution is 5.93. The molecule has 0 aliphatic carbocycles. The Morgan fingerprint density at radius 3 is 2.31 bits per heavy atom. The molecule has 0 aromatic heterocycles. The van der Waals surface area contributed by atoms with E-state index in [0.29, 0.717) is 44.2 Å². The average molecular weight is 353 g/mol. The molecule has 0 unspecified atom stereocenters. The molecule has 1 heterocycles. The maximum absolute atomic E-state index is 12.4. The van der Waals surface area contributed by atoms with Crippen molar-refractivity contribution in [3.63, 3.8) is 0 Å². The lowest BCUT2D eigenvalue weighted by molar-refractivity contribution is -0.130. The summed E-state index contributed by atoms with van der Waals surface area (Å²) in [5, 5.41) is 2.93. The van der Waals surface area contributed by atoms with E-state index in [9.17, 15) is 9.59 Å². The van der Waals surface area contributed by atoms with Gasteiger partial charge in [0.25, 0.3) is 0 Å². The van der Waals surface area contributed by atoms with Crippen LogP contribution < -0.4 is 10.1 Å². The quantitative estimate of drug-likeness (QED) is 0.897. The van der Waals surface area contributed by atoms with Gasteiger partial charge in [-0.05, 0) is 24.3 Å².